The van der Waals surface area contributed by atoms with Crippen LogP contribution in [0.2, 0.25) is 0 Å². The number of imidazole rings is 1. The average molecular weight is 416 g/mol. The number of nitriles is 1. The molecule has 11 nitrogen and oxygen atoms in total. The minimum absolute atomic E-state index is 0.124. The first kappa shape index (κ1) is 19.6. The fraction of sp³-hybridized carbons (Fsp3) is 0.684. The quantitative estimate of drug-likeness (QED) is 0.635. The summed E-state index contributed by atoms with van der Waals surface area (Å²) in [6.45, 7) is -0.300. The van der Waals surface area contributed by atoms with Crippen LogP contribution in [-0.2, 0) is 14.2 Å². The van der Waals surface area contributed by atoms with Gasteiger partial charge in [0.25, 0.3) is 0 Å². The zero-order chi connectivity index (χ0) is 20.9. The predicted molar refractivity (Wildman–Crippen MR) is 101 cm³/mol. The zero-order valence-corrected chi connectivity index (χ0v) is 16.3. The van der Waals surface area contributed by atoms with Crippen LogP contribution in [0.15, 0.2) is 12.7 Å². The van der Waals surface area contributed by atoms with Gasteiger partial charge in [-0.2, -0.15) is 5.26 Å². The van der Waals surface area contributed by atoms with E-state index in [0.29, 0.717) is 24.0 Å². The van der Waals surface area contributed by atoms with Crippen molar-refractivity contribution in [2.75, 3.05) is 12.3 Å². The number of aliphatic hydroxyl groups is 2. The lowest BCUT2D eigenvalue weighted by atomic mass is 9.77. The van der Waals surface area contributed by atoms with Crippen molar-refractivity contribution in [1.29, 1.82) is 5.26 Å². The fourth-order valence-electron chi connectivity index (χ4n) is 4.96. The highest BCUT2D eigenvalue weighted by atomic mass is 16.8. The lowest BCUT2D eigenvalue weighted by molar-refractivity contribution is -0.305. The van der Waals surface area contributed by atoms with Gasteiger partial charge >= 0.3 is 0 Å². The highest BCUT2D eigenvalue weighted by Crippen LogP contribution is 2.52. The minimum atomic E-state index is -1.47. The Morgan fingerprint density at radius 1 is 1.20 bits per heavy atom. The first-order valence-corrected chi connectivity index (χ1v) is 10.2. The van der Waals surface area contributed by atoms with E-state index in [4.69, 9.17) is 19.9 Å². The molecule has 0 aromatic carbocycles. The van der Waals surface area contributed by atoms with Crippen LogP contribution < -0.4 is 5.73 Å². The average Bonchev–Trinajstić information content (AvgIpc) is 3.42. The summed E-state index contributed by atoms with van der Waals surface area (Å²) < 4.78 is 20.3. The van der Waals surface area contributed by atoms with Gasteiger partial charge in [0.1, 0.15) is 35.8 Å². The third kappa shape index (κ3) is 2.72. The lowest BCUT2D eigenvalue weighted by Gasteiger charge is -2.45. The van der Waals surface area contributed by atoms with Crippen molar-refractivity contribution in [3.8, 4) is 6.07 Å². The van der Waals surface area contributed by atoms with E-state index in [2.05, 4.69) is 21.0 Å². The molecule has 30 heavy (non-hydrogen) atoms. The minimum Gasteiger partial charge on any atom is -0.394 e. The second kappa shape index (κ2) is 7.11. The summed E-state index contributed by atoms with van der Waals surface area (Å²) in [5.41, 5.74) is 5.50. The first-order chi connectivity index (χ1) is 14.5. The van der Waals surface area contributed by atoms with Crippen molar-refractivity contribution in [1.82, 2.24) is 19.5 Å². The molecule has 0 amide bonds. The smallest absolute Gasteiger partial charge is 0.211 e. The second-order valence-corrected chi connectivity index (χ2v) is 8.18. The lowest BCUT2D eigenvalue weighted by Crippen LogP contribution is -2.57. The number of anilines is 1. The number of aromatic nitrogens is 4. The van der Waals surface area contributed by atoms with Crippen LogP contribution in [0.25, 0.3) is 11.2 Å². The summed E-state index contributed by atoms with van der Waals surface area (Å²) in [5.74, 6) is -1.23. The maximum atomic E-state index is 11.4. The molecular formula is C19H24N6O5. The van der Waals surface area contributed by atoms with Crippen molar-refractivity contribution in [3.63, 3.8) is 0 Å². The molecule has 0 radical (unpaired) electrons. The van der Waals surface area contributed by atoms with Crippen LogP contribution in [0.5, 0.6) is 0 Å². The molecule has 1 unspecified atom stereocenters. The molecule has 3 fully saturated rings. The normalized spacial score (nSPS) is 35.4. The van der Waals surface area contributed by atoms with Gasteiger partial charge in [0, 0.05) is 0 Å². The largest absolute Gasteiger partial charge is 0.394 e. The molecule has 11 heteroatoms. The van der Waals surface area contributed by atoms with Gasteiger partial charge in [-0.3, -0.25) is 4.57 Å². The van der Waals surface area contributed by atoms with Crippen LogP contribution in [0.1, 0.15) is 44.8 Å². The van der Waals surface area contributed by atoms with Crippen LogP contribution in [0.4, 0.5) is 5.82 Å². The van der Waals surface area contributed by atoms with Gasteiger partial charge in [0.15, 0.2) is 17.7 Å². The maximum Gasteiger partial charge on any atom is 0.211 e. The molecule has 2 saturated heterocycles. The van der Waals surface area contributed by atoms with E-state index in [1.54, 1.807) is 4.57 Å². The zero-order valence-electron chi connectivity index (χ0n) is 16.3. The molecule has 1 saturated carbocycles. The number of rotatable bonds is 4. The highest BCUT2D eigenvalue weighted by molar-refractivity contribution is 5.81. The molecule has 4 N–H and O–H groups in total. The number of aliphatic hydroxyl groups excluding tert-OH is 1. The van der Waals surface area contributed by atoms with Gasteiger partial charge in [-0.1, -0.05) is 19.3 Å². The van der Waals surface area contributed by atoms with Crippen molar-refractivity contribution in [2.24, 2.45) is 0 Å². The SMILES string of the molecule is N#CCC1(C2(O)CCCCC2)O[C@@H]2[C@H](O1)[C@@H](CO)O[C@H]2n1cnc2c(N)ncnc21. The molecule has 0 bridgehead atoms. The Kier molecular flexibility index (Phi) is 4.64. The summed E-state index contributed by atoms with van der Waals surface area (Å²) in [6.07, 6.45) is 3.65. The van der Waals surface area contributed by atoms with Crippen molar-refractivity contribution < 1.29 is 24.4 Å². The summed E-state index contributed by atoms with van der Waals surface area (Å²) in [6, 6.07) is 2.11. The Bertz CT molecular complexity index is 985. The van der Waals surface area contributed by atoms with Crippen molar-refractivity contribution in [3.05, 3.63) is 12.7 Å². The maximum absolute atomic E-state index is 11.4. The summed E-state index contributed by atoms with van der Waals surface area (Å²) >= 11 is 0. The number of hydrogen-bond donors (Lipinski definition) is 3. The highest BCUT2D eigenvalue weighted by Gasteiger charge is 2.65. The predicted octanol–water partition coefficient (Wildman–Crippen LogP) is 0.387. The monoisotopic (exact) mass is 416 g/mol. The summed E-state index contributed by atoms with van der Waals surface area (Å²) in [4.78, 5) is 12.5. The molecule has 5 rings (SSSR count). The Morgan fingerprint density at radius 3 is 2.70 bits per heavy atom. The van der Waals surface area contributed by atoms with E-state index in [-0.39, 0.29) is 18.8 Å². The Labute approximate surface area is 172 Å². The third-order valence-electron chi connectivity index (χ3n) is 6.48. The van der Waals surface area contributed by atoms with Crippen LogP contribution in [0, 0.1) is 11.3 Å². The molecule has 0 spiro atoms. The number of ether oxygens (including phenoxy) is 3. The molecule has 4 heterocycles. The molecule has 160 valence electrons. The summed E-state index contributed by atoms with van der Waals surface area (Å²) in [5, 5.41) is 30.8. The van der Waals surface area contributed by atoms with Gasteiger partial charge in [0.2, 0.25) is 5.79 Å². The van der Waals surface area contributed by atoms with E-state index in [1.807, 2.05) is 0 Å². The van der Waals surface area contributed by atoms with E-state index in [9.17, 15) is 15.5 Å². The molecule has 2 aromatic rings. The van der Waals surface area contributed by atoms with Gasteiger partial charge in [-0.05, 0) is 12.8 Å². The van der Waals surface area contributed by atoms with Gasteiger partial charge in [0.05, 0.1) is 25.4 Å². The number of hydrogen-bond acceptors (Lipinski definition) is 10. The van der Waals surface area contributed by atoms with E-state index >= 15 is 0 Å². The van der Waals surface area contributed by atoms with Gasteiger partial charge in [-0.25, -0.2) is 15.0 Å². The van der Waals surface area contributed by atoms with Gasteiger partial charge < -0.3 is 30.2 Å². The number of nitrogen functional groups attached to an aromatic ring is 1. The molecule has 1 aliphatic carbocycles. The second-order valence-electron chi connectivity index (χ2n) is 8.18. The first-order valence-electron chi connectivity index (χ1n) is 10.2. The van der Waals surface area contributed by atoms with E-state index in [1.165, 1.54) is 12.7 Å². The Balaban J connectivity index is 1.54. The Morgan fingerprint density at radius 2 is 1.97 bits per heavy atom. The van der Waals surface area contributed by atoms with Crippen LogP contribution in [-0.4, -0.2) is 66.0 Å². The van der Waals surface area contributed by atoms with Gasteiger partial charge in [-0.15, -0.1) is 0 Å². The Hall–Kier alpha value is -2.36. The van der Waals surface area contributed by atoms with E-state index < -0.39 is 35.9 Å². The number of nitrogens with zero attached hydrogens (tertiary/aromatic N) is 5. The molecule has 5 atom stereocenters. The number of nitrogens with two attached hydrogens (primary N) is 1. The topological polar surface area (TPSA) is 162 Å². The molecule has 2 aromatic heterocycles. The summed E-state index contributed by atoms with van der Waals surface area (Å²) in [7, 11) is 0. The molecular weight excluding hydrogens is 392 g/mol. The molecule has 2 aliphatic heterocycles. The van der Waals surface area contributed by atoms with Crippen LogP contribution in [0.3, 0.4) is 0 Å². The van der Waals surface area contributed by atoms with E-state index in [0.717, 1.165) is 19.3 Å². The standard InChI is InChI=1S/C19H24N6O5/c20-7-6-19(18(27)4-2-1-3-5-18)29-13-11(8-26)28-17(14(13)30-19)25-10-24-12-15(21)22-9-23-16(12)25/h9-11,13-14,17,26-27H,1-6,8H2,(H2,21,22,23)/t11-,13-,14-,17-,19?/m1/s1. The number of fused-ring (bicyclic) bond motifs is 2. The van der Waals surface area contributed by atoms with Crippen LogP contribution >= 0.6 is 0 Å². The fourth-order valence-corrected chi connectivity index (χ4v) is 4.96. The van der Waals surface area contributed by atoms with Crippen molar-refractivity contribution in [2.45, 2.75) is 74.5 Å². The molecule has 3 aliphatic rings. The third-order valence-corrected chi connectivity index (χ3v) is 6.48. The van der Waals surface area contributed by atoms with Crippen molar-refractivity contribution >= 4 is 17.0 Å².